The summed E-state index contributed by atoms with van der Waals surface area (Å²) in [5.41, 5.74) is 1.31. The fourth-order valence-electron chi connectivity index (χ4n) is 6.26. The molecule has 2 aromatic rings. The minimum Gasteiger partial charge on any atom is -0.490 e. The van der Waals surface area contributed by atoms with Gasteiger partial charge in [0.25, 0.3) is 0 Å². The van der Waals surface area contributed by atoms with Crippen LogP contribution in [-0.4, -0.2) is 30.7 Å². The molecule has 4 aliphatic rings. The molecule has 0 aromatic heterocycles. The van der Waals surface area contributed by atoms with Gasteiger partial charge in [-0.25, -0.2) is 0 Å². The Hall–Kier alpha value is -2.25. The summed E-state index contributed by atoms with van der Waals surface area (Å²) in [5.74, 6) is 0.386. The first-order chi connectivity index (χ1) is 15.9. The Labute approximate surface area is 191 Å². The molecule has 176 valence electrons. The van der Waals surface area contributed by atoms with Crippen molar-refractivity contribution in [2.75, 3.05) is 6.61 Å². The van der Waals surface area contributed by atoms with Gasteiger partial charge in [-0.15, -0.1) is 13.2 Å². The smallest absolute Gasteiger partial charge is 0.490 e. The summed E-state index contributed by atoms with van der Waals surface area (Å²) in [6.07, 6.45) is 2.20. The van der Waals surface area contributed by atoms with E-state index in [0.29, 0.717) is 18.4 Å². The van der Waals surface area contributed by atoms with Gasteiger partial charge >= 0.3 is 6.36 Å². The van der Waals surface area contributed by atoms with Crippen LogP contribution in [0.5, 0.6) is 11.5 Å². The van der Waals surface area contributed by atoms with Crippen LogP contribution in [0.1, 0.15) is 62.0 Å². The number of alkyl halides is 3. The number of hydrogen-bond donors (Lipinski definition) is 1. The summed E-state index contributed by atoms with van der Waals surface area (Å²) < 4.78 is 55.7. The number of piperidine rings is 1. The van der Waals surface area contributed by atoms with Crippen molar-refractivity contribution in [2.45, 2.75) is 80.5 Å². The van der Waals surface area contributed by atoms with Gasteiger partial charge < -0.3 is 19.5 Å². The van der Waals surface area contributed by atoms with Crippen molar-refractivity contribution in [2.24, 2.45) is 0 Å². The molecule has 33 heavy (non-hydrogen) atoms. The minimum absolute atomic E-state index is 0.0601. The molecular formula is C26H28F3NO3. The SMILES string of the molecule is FC(F)(F)Oc1ccc(OC2CC2)c(C2COC3(CCC4CCC3(c3ccccc3)N4)C2)c1. The summed E-state index contributed by atoms with van der Waals surface area (Å²) >= 11 is 0. The fraction of sp³-hybridized carbons (Fsp3) is 0.538. The first-order valence-corrected chi connectivity index (χ1v) is 11.9. The van der Waals surface area contributed by atoms with Crippen LogP contribution in [0.15, 0.2) is 48.5 Å². The average Bonchev–Trinajstić information content (AvgIpc) is 3.37. The highest BCUT2D eigenvalue weighted by Crippen LogP contribution is 2.58. The molecule has 1 N–H and O–H groups in total. The lowest BCUT2D eigenvalue weighted by Crippen LogP contribution is -2.61. The molecule has 1 aliphatic carbocycles. The van der Waals surface area contributed by atoms with E-state index >= 15 is 0 Å². The van der Waals surface area contributed by atoms with E-state index in [1.807, 2.05) is 6.07 Å². The maximum absolute atomic E-state index is 12.9. The zero-order valence-electron chi connectivity index (χ0n) is 18.4. The van der Waals surface area contributed by atoms with Gasteiger partial charge in [0.2, 0.25) is 0 Å². The van der Waals surface area contributed by atoms with Crippen molar-refractivity contribution in [3.8, 4) is 11.5 Å². The zero-order chi connectivity index (χ0) is 22.7. The number of ether oxygens (including phenoxy) is 3. The largest absolute Gasteiger partial charge is 0.573 e. The van der Waals surface area contributed by atoms with Crippen molar-refractivity contribution >= 4 is 0 Å². The molecule has 2 aromatic carbocycles. The topological polar surface area (TPSA) is 39.7 Å². The van der Waals surface area contributed by atoms with Crippen molar-refractivity contribution < 1.29 is 27.4 Å². The maximum atomic E-state index is 12.9. The first-order valence-electron chi connectivity index (χ1n) is 11.9. The number of halogens is 3. The minimum atomic E-state index is -4.73. The van der Waals surface area contributed by atoms with Crippen LogP contribution in [0.25, 0.3) is 0 Å². The van der Waals surface area contributed by atoms with Crippen molar-refractivity contribution in [1.29, 1.82) is 0 Å². The second kappa shape index (κ2) is 7.64. The highest BCUT2D eigenvalue weighted by molar-refractivity contribution is 5.45. The van der Waals surface area contributed by atoms with Crippen LogP contribution in [0, 0.1) is 0 Å². The molecule has 0 amide bonds. The van der Waals surface area contributed by atoms with E-state index in [2.05, 4.69) is 34.3 Å². The van der Waals surface area contributed by atoms with E-state index < -0.39 is 12.0 Å². The fourth-order valence-corrected chi connectivity index (χ4v) is 6.26. The predicted octanol–water partition coefficient (Wildman–Crippen LogP) is 5.81. The molecule has 2 bridgehead atoms. The molecule has 3 aliphatic heterocycles. The highest BCUT2D eigenvalue weighted by atomic mass is 19.4. The summed E-state index contributed by atoms with van der Waals surface area (Å²) in [7, 11) is 0. The van der Waals surface area contributed by atoms with Crippen LogP contribution in [0.2, 0.25) is 0 Å². The molecule has 4 atom stereocenters. The molecule has 7 heteroatoms. The highest BCUT2D eigenvalue weighted by Gasteiger charge is 2.62. The van der Waals surface area contributed by atoms with Gasteiger partial charge in [0.1, 0.15) is 11.5 Å². The third-order valence-corrected chi connectivity index (χ3v) is 7.87. The van der Waals surface area contributed by atoms with Gasteiger partial charge in [0.15, 0.2) is 0 Å². The summed E-state index contributed by atoms with van der Waals surface area (Å²) in [6, 6.07) is 15.4. The number of rotatable bonds is 5. The second-order valence-corrected chi connectivity index (χ2v) is 9.96. The molecule has 6 rings (SSSR count). The van der Waals surface area contributed by atoms with Crippen LogP contribution < -0.4 is 14.8 Å². The van der Waals surface area contributed by atoms with Crippen LogP contribution >= 0.6 is 0 Å². The van der Waals surface area contributed by atoms with Gasteiger partial charge in [-0.05, 0) is 68.7 Å². The second-order valence-electron chi connectivity index (χ2n) is 9.96. The first kappa shape index (κ1) is 21.3. The van der Waals surface area contributed by atoms with E-state index in [0.717, 1.165) is 50.5 Å². The van der Waals surface area contributed by atoms with Gasteiger partial charge in [0.05, 0.1) is 23.9 Å². The summed E-state index contributed by atoms with van der Waals surface area (Å²) in [5, 5.41) is 3.89. The Morgan fingerprint density at radius 1 is 0.970 bits per heavy atom. The van der Waals surface area contributed by atoms with Crippen molar-refractivity contribution in [3.63, 3.8) is 0 Å². The van der Waals surface area contributed by atoms with Crippen LogP contribution in [-0.2, 0) is 10.3 Å². The van der Waals surface area contributed by atoms with E-state index in [9.17, 15) is 13.2 Å². The number of hydrogen-bond acceptors (Lipinski definition) is 4. The van der Waals surface area contributed by atoms with Crippen molar-refractivity contribution in [1.82, 2.24) is 5.32 Å². The maximum Gasteiger partial charge on any atom is 0.573 e. The Morgan fingerprint density at radius 3 is 2.52 bits per heavy atom. The van der Waals surface area contributed by atoms with Gasteiger partial charge in [-0.3, -0.25) is 0 Å². The standard InChI is InChI=1S/C26H28F3NO3/c27-26(28,29)33-21-8-9-23(32-20-6-7-20)22(14-21)17-15-24(31-16-17)12-10-19-11-13-25(24,30-19)18-4-2-1-3-5-18/h1-5,8-9,14,17,19-20,30H,6-7,10-13,15-16H2. The van der Waals surface area contributed by atoms with Gasteiger partial charge in [0, 0.05) is 17.5 Å². The number of benzene rings is 2. The van der Waals surface area contributed by atoms with Gasteiger partial charge in [-0.2, -0.15) is 0 Å². The molecule has 1 spiro atoms. The molecule has 4 unspecified atom stereocenters. The normalized spacial score (nSPS) is 33.4. The molecular weight excluding hydrogens is 431 g/mol. The molecule has 0 radical (unpaired) electrons. The summed E-state index contributed by atoms with van der Waals surface area (Å²) in [4.78, 5) is 0. The molecule has 3 heterocycles. The van der Waals surface area contributed by atoms with E-state index in [1.165, 1.54) is 17.7 Å². The predicted molar refractivity (Wildman–Crippen MR) is 116 cm³/mol. The number of fused-ring (bicyclic) bond motifs is 3. The lowest BCUT2D eigenvalue weighted by atomic mass is 9.67. The zero-order valence-corrected chi connectivity index (χ0v) is 18.4. The lowest BCUT2D eigenvalue weighted by molar-refractivity contribution is -0.274. The van der Waals surface area contributed by atoms with E-state index in [1.54, 1.807) is 6.07 Å². The van der Waals surface area contributed by atoms with Crippen molar-refractivity contribution in [3.05, 3.63) is 59.7 Å². The molecule has 4 fully saturated rings. The van der Waals surface area contributed by atoms with Crippen LogP contribution in [0.4, 0.5) is 13.2 Å². The Bertz CT molecular complexity index is 1030. The average molecular weight is 460 g/mol. The Morgan fingerprint density at radius 2 is 1.76 bits per heavy atom. The Balaban J connectivity index is 1.35. The Kier molecular flexibility index (Phi) is 4.93. The van der Waals surface area contributed by atoms with E-state index in [-0.39, 0.29) is 23.3 Å². The molecule has 1 saturated carbocycles. The third kappa shape index (κ3) is 3.79. The molecule has 3 saturated heterocycles. The van der Waals surface area contributed by atoms with Crippen LogP contribution in [0.3, 0.4) is 0 Å². The van der Waals surface area contributed by atoms with Gasteiger partial charge in [-0.1, -0.05) is 30.3 Å². The van der Waals surface area contributed by atoms with E-state index in [4.69, 9.17) is 9.47 Å². The third-order valence-electron chi connectivity index (χ3n) is 7.87. The number of nitrogens with one attached hydrogen (secondary N) is 1. The molecule has 4 nitrogen and oxygen atoms in total. The quantitative estimate of drug-likeness (QED) is 0.613. The monoisotopic (exact) mass is 459 g/mol. The summed E-state index contributed by atoms with van der Waals surface area (Å²) in [6.45, 7) is 0.456. The lowest BCUT2D eigenvalue weighted by Gasteiger charge is -2.50.